The van der Waals surface area contributed by atoms with Crippen molar-refractivity contribution in [3.05, 3.63) is 34.9 Å². The number of benzene rings is 1. The first-order valence-electron chi connectivity index (χ1n) is 5.79. The summed E-state index contributed by atoms with van der Waals surface area (Å²) >= 11 is 6.03. The summed E-state index contributed by atoms with van der Waals surface area (Å²) in [6, 6.07) is 8.49. The molecule has 2 atom stereocenters. The van der Waals surface area contributed by atoms with E-state index in [1.807, 2.05) is 18.2 Å². The summed E-state index contributed by atoms with van der Waals surface area (Å²) in [6.45, 7) is 1.89. The molecule has 1 aliphatic rings. The number of ether oxygens (including phenoxy) is 1. The summed E-state index contributed by atoms with van der Waals surface area (Å²) in [5.74, 6) is 0.553. The van der Waals surface area contributed by atoms with Crippen LogP contribution in [-0.4, -0.2) is 20.3 Å². The molecule has 1 aromatic rings. The first-order valence-corrected chi connectivity index (χ1v) is 6.17. The van der Waals surface area contributed by atoms with E-state index >= 15 is 0 Å². The quantitative estimate of drug-likeness (QED) is 0.876. The Morgan fingerprint density at radius 2 is 2.38 bits per heavy atom. The van der Waals surface area contributed by atoms with E-state index in [0.29, 0.717) is 12.0 Å². The van der Waals surface area contributed by atoms with Gasteiger partial charge >= 0.3 is 0 Å². The molecule has 0 aromatic heterocycles. The van der Waals surface area contributed by atoms with E-state index in [1.54, 1.807) is 7.11 Å². The number of hydrogen-bond donors (Lipinski definition) is 1. The summed E-state index contributed by atoms with van der Waals surface area (Å²) in [4.78, 5) is 0. The maximum absolute atomic E-state index is 6.03. The van der Waals surface area contributed by atoms with Crippen LogP contribution in [0.25, 0.3) is 0 Å². The van der Waals surface area contributed by atoms with Gasteiger partial charge in [0.15, 0.2) is 0 Å². The summed E-state index contributed by atoms with van der Waals surface area (Å²) in [5, 5.41) is 4.37. The molecular weight excluding hydrogens is 222 g/mol. The van der Waals surface area contributed by atoms with Gasteiger partial charge in [0, 0.05) is 24.1 Å². The average molecular weight is 240 g/mol. The van der Waals surface area contributed by atoms with Crippen LogP contribution in [-0.2, 0) is 4.74 Å². The number of nitrogens with one attached hydrogen (secondary N) is 1. The van der Waals surface area contributed by atoms with E-state index in [2.05, 4.69) is 11.4 Å². The van der Waals surface area contributed by atoms with Gasteiger partial charge in [-0.15, -0.1) is 0 Å². The normalized spacial score (nSPS) is 25.6. The van der Waals surface area contributed by atoms with Crippen molar-refractivity contribution in [3.8, 4) is 0 Å². The van der Waals surface area contributed by atoms with Crippen LogP contribution in [0.3, 0.4) is 0 Å². The van der Waals surface area contributed by atoms with Crippen LogP contribution in [0.4, 0.5) is 0 Å². The Hall–Kier alpha value is -0.570. The number of rotatable bonds is 3. The highest BCUT2D eigenvalue weighted by Gasteiger charge is 2.25. The largest absolute Gasteiger partial charge is 0.384 e. The van der Waals surface area contributed by atoms with Gasteiger partial charge in [-0.25, -0.2) is 0 Å². The van der Waals surface area contributed by atoms with Gasteiger partial charge in [-0.3, -0.25) is 0 Å². The Balaban J connectivity index is 2.16. The minimum absolute atomic E-state index is 0.382. The highest BCUT2D eigenvalue weighted by Crippen LogP contribution is 2.30. The number of halogens is 1. The highest BCUT2D eigenvalue weighted by molar-refractivity contribution is 6.30. The van der Waals surface area contributed by atoms with Gasteiger partial charge in [-0.1, -0.05) is 23.7 Å². The summed E-state index contributed by atoms with van der Waals surface area (Å²) < 4.78 is 5.29. The lowest BCUT2D eigenvalue weighted by molar-refractivity contribution is 0.112. The summed E-state index contributed by atoms with van der Waals surface area (Å²) in [7, 11) is 1.77. The van der Waals surface area contributed by atoms with Crippen molar-refractivity contribution < 1.29 is 4.74 Å². The molecule has 2 rings (SSSR count). The first-order chi connectivity index (χ1) is 7.81. The molecule has 0 radical (unpaired) electrons. The minimum Gasteiger partial charge on any atom is -0.384 e. The Bertz CT molecular complexity index is 340. The van der Waals surface area contributed by atoms with Crippen LogP contribution in [0.15, 0.2) is 24.3 Å². The third-order valence-electron chi connectivity index (χ3n) is 3.18. The van der Waals surface area contributed by atoms with Crippen molar-refractivity contribution in [2.45, 2.75) is 18.9 Å². The van der Waals surface area contributed by atoms with E-state index in [9.17, 15) is 0 Å². The topological polar surface area (TPSA) is 21.3 Å². The van der Waals surface area contributed by atoms with Gasteiger partial charge in [0.1, 0.15) is 0 Å². The fourth-order valence-electron chi connectivity index (χ4n) is 2.44. The van der Waals surface area contributed by atoms with Gasteiger partial charge in [0.05, 0.1) is 6.61 Å². The maximum atomic E-state index is 6.03. The molecule has 88 valence electrons. The molecule has 3 heteroatoms. The zero-order chi connectivity index (χ0) is 11.4. The predicted octanol–water partition coefficient (Wildman–Crippen LogP) is 3.03. The SMILES string of the molecule is COCC1CCCNC1c1cccc(Cl)c1. The average Bonchev–Trinajstić information content (AvgIpc) is 2.30. The molecule has 2 unspecified atom stereocenters. The second kappa shape index (κ2) is 5.67. The molecule has 1 N–H and O–H groups in total. The van der Waals surface area contributed by atoms with Gasteiger partial charge in [-0.05, 0) is 37.1 Å². The van der Waals surface area contributed by atoms with E-state index < -0.39 is 0 Å². The molecule has 0 bridgehead atoms. The van der Waals surface area contributed by atoms with Crippen LogP contribution >= 0.6 is 11.6 Å². The van der Waals surface area contributed by atoms with Crippen LogP contribution in [0.5, 0.6) is 0 Å². The molecule has 1 fully saturated rings. The lowest BCUT2D eigenvalue weighted by atomic mass is 9.87. The highest BCUT2D eigenvalue weighted by atomic mass is 35.5. The zero-order valence-electron chi connectivity index (χ0n) is 9.58. The lowest BCUT2D eigenvalue weighted by Crippen LogP contribution is -2.36. The van der Waals surface area contributed by atoms with Crippen molar-refractivity contribution >= 4 is 11.6 Å². The van der Waals surface area contributed by atoms with E-state index in [4.69, 9.17) is 16.3 Å². The van der Waals surface area contributed by atoms with Crippen molar-refractivity contribution in [1.29, 1.82) is 0 Å². The Morgan fingerprint density at radius 1 is 1.50 bits per heavy atom. The fourth-order valence-corrected chi connectivity index (χ4v) is 2.64. The minimum atomic E-state index is 0.382. The first kappa shape index (κ1) is 11.9. The lowest BCUT2D eigenvalue weighted by Gasteiger charge is -2.32. The van der Waals surface area contributed by atoms with Gasteiger partial charge in [-0.2, -0.15) is 0 Å². The summed E-state index contributed by atoms with van der Waals surface area (Å²) in [5.41, 5.74) is 1.27. The molecule has 1 aromatic carbocycles. The second-order valence-electron chi connectivity index (χ2n) is 4.34. The molecule has 1 heterocycles. The molecule has 1 saturated heterocycles. The van der Waals surface area contributed by atoms with E-state index in [-0.39, 0.29) is 0 Å². The second-order valence-corrected chi connectivity index (χ2v) is 4.78. The standard InChI is InChI=1S/C13H18ClNO/c1-16-9-11-5-3-7-15-13(11)10-4-2-6-12(14)8-10/h2,4,6,8,11,13,15H,3,5,7,9H2,1H3. The molecule has 2 nitrogen and oxygen atoms in total. The van der Waals surface area contributed by atoms with Crippen molar-refractivity contribution in [2.24, 2.45) is 5.92 Å². The third-order valence-corrected chi connectivity index (χ3v) is 3.41. The van der Waals surface area contributed by atoms with Crippen LogP contribution in [0.1, 0.15) is 24.4 Å². The Morgan fingerprint density at radius 3 is 3.12 bits per heavy atom. The van der Waals surface area contributed by atoms with Gasteiger partial charge < -0.3 is 10.1 Å². The molecule has 1 aliphatic heterocycles. The molecule has 0 amide bonds. The number of piperidine rings is 1. The monoisotopic (exact) mass is 239 g/mol. The molecule has 0 saturated carbocycles. The molecule has 0 spiro atoms. The van der Waals surface area contributed by atoms with E-state index in [0.717, 1.165) is 18.2 Å². The van der Waals surface area contributed by atoms with Crippen LogP contribution in [0, 0.1) is 5.92 Å². The van der Waals surface area contributed by atoms with Crippen LogP contribution in [0.2, 0.25) is 5.02 Å². The Kier molecular flexibility index (Phi) is 4.22. The predicted molar refractivity (Wildman–Crippen MR) is 66.8 cm³/mol. The molecule has 0 aliphatic carbocycles. The fraction of sp³-hybridized carbons (Fsp3) is 0.538. The van der Waals surface area contributed by atoms with Gasteiger partial charge in [0.2, 0.25) is 0 Å². The van der Waals surface area contributed by atoms with Crippen molar-refractivity contribution in [2.75, 3.05) is 20.3 Å². The smallest absolute Gasteiger partial charge is 0.0508 e. The van der Waals surface area contributed by atoms with Crippen molar-refractivity contribution in [3.63, 3.8) is 0 Å². The van der Waals surface area contributed by atoms with Crippen molar-refractivity contribution in [1.82, 2.24) is 5.32 Å². The number of hydrogen-bond acceptors (Lipinski definition) is 2. The maximum Gasteiger partial charge on any atom is 0.0508 e. The van der Waals surface area contributed by atoms with E-state index in [1.165, 1.54) is 18.4 Å². The van der Waals surface area contributed by atoms with Gasteiger partial charge in [0.25, 0.3) is 0 Å². The Labute approximate surface area is 102 Å². The molecule has 16 heavy (non-hydrogen) atoms. The van der Waals surface area contributed by atoms with Crippen LogP contribution < -0.4 is 5.32 Å². The third kappa shape index (κ3) is 2.76. The zero-order valence-corrected chi connectivity index (χ0v) is 10.3. The number of methoxy groups -OCH3 is 1. The molecular formula is C13H18ClNO. The summed E-state index contributed by atoms with van der Waals surface area (Å²) in [6.07, 6.45) is 2.45.